The molecule has 0 aliphatic carbocycles. The fourth-order valence-corrected chi connectivity index (χ4v) is 3.59. The van der Waals surface area contributed by atoms with Crippen LogP contribution in [0.25, 0.3) is 0 Å². The predicted octanol–water partition coefficient (Wildman–Crippen LogP) is 6.05. The summed E-state index contributed by atoms with van der Waals surface area (Å²) in [4.78, 5) is 17.3. The maximum atomic E-state index is 13.0. The van der Waals surface area contributed by atoms with Crippen LogP contribution < -0.4 is 9.64 Å². The second-order valence-electron chi connectivity index (χ2n) is 7.28. The van der Waals surface area contributed by atoms with Crippen molar-refractivity contribution in [2.75, 3.05) is 37.7 Å². The molecule has 0 spiro atoms. The number of anilines is 3. The van der Waals surface area contributed by atoms with Crippen LogP contribution in [0.1, 0.15) is 31.1 Å². The van der Waals surface area contributed by atoms with Gasteiger partial charge in [0.2, 0.25) is 0 Å². The summed E-state index contributed by atoms with van der Waals surface area (Å²) in [6.07, 6.45) is 0. The summed E-state index contributed by atoms with van der Waals surface area (Å²) in [7, 11) is 0. The summed E-state index contributed by atoms with van der Waals surface area (Å²) in [5.74, 6) is 0.494. The molecule has 0 saturated heterocycles. The third-order valence-electron chi connectivity index (χ3n) is 5.32. The van der Waals surface area contributed by atoms with E-state index in [1.807, 2.05) is 85.8 Å². The molecule has 0 heterocycles. The first kappa shape index (κ1) is 23.4. The largest absolute Gasteiger partial charge is 0.494 e. The summed E-state index contributed by atoms with van der Waals surface area (Å²) in [5, 5.41) is 0. The number of hydrogen-bond acceptors (Lipinski definition) is 5. The van der Waals surface area contributed by atoms with Crippen LogP contribution in [-0.2, 0) is 4.74 Å². The van der Waals surface area contributed by atoms with Gasteiger partial charge in [0.1, 0.15) is 12.4 Å². The third-order valence-corrected chi connectivity index (χ3v) is 5.32. The van der Waals surface area contributed by atoms with Gasteiger partial charge in [-0.2, -0.15) is 0 Å². The molecule has 0 amide bonds. The SMILES string of the molecule is CCOc1ccc(N(c2ccccc2)c2ccccc2C(=O)OCCN(CC)CC)cc1. The van der Waals surface area contributed by atoms with E-state index in [-0.39, 0.29) is 5.97 Å². The maximum absolute atomic E-state index is 13.0. The highest BCUT2D eigenvalue weighted by Gasteiger charge is 2.20. The molecular formula is C27H32N2O3. The van der Waals surface area contributed by atoms with E-state index in [0.717, 1.165) is 42.4 Å². The van der Waals surface area contributed by atoms with Crippen molar-refractivity contribution in [3.8, 4) is 5.75 Å². The number of hydrogen-bond donors (Lipinski definition) is 0. The molecule has 0 atom stereocenters. The van der Waals surface area contributed by atoms with Gasteiger partial charge in [-0.25, -0.2) is 4.79 Å². The molecule has 3 aromatic carbocycles. The quantitative estimate of drug-likeness (QED) is 0.345. The van der Waals surface area contributed by atoms with Gasteiger partial charge >= 0.3 is 5.97 Å². The standard InChI is InChI=1S/C27H32N2O3/c1-4-28(5-2)20-21-32-27(30)25-14-10-11-15-26(25)29(22-12-8-7-9-13-22)23-16-18-24(19-17-23)31-6-3/h7-19H,4-6,20-21H2,1-3H3. The lowest BCUT2D eigenvalue weighted by atomic mass is 10.1. The lowest BCUT2D eigenvalue weighted by molar-refractivity contribution is 0.0467. The number of para-hydroxylation sites is 2. The number of carbonyl (C=O) groups excluding carboxylic acids is 1. The van der Waals surface area contributed by atoms with E-state index in [1.165, 1.54) is 0 Å². The van der Waals surface area contributed by atoms with Gasteiger partial charge < -0.3 is 19.3 Å². The zero-order valence-corrected chi connectivity index (χ0v) is 19.2. The second kappa shape index (κ2) is 11.9. The van der Waals surface area contributed by atoms with E-state index < -0.39 is 0 Å². The Morgan fingerprint density at radius 3 is 2.06 bits per heavy atom. The summed E-state index contributed by atoms with van der Waals surface area (Å²) in [6.45, 7) is 9.75. The summed E-state index contributed by atoms with van der Waals surface area (Å²) in [5.41, 5.74) is 3.20. The van der Waals surface area contributed by atoms with Crippen molar-refractivity contribution >= 4 is 23.0 Å². The Labute approximate surface area is 191 Å². The number of rotatable bonds is 11. The molecule has 0 radical (unpaired) electrons. The Hall–Kier alpha value is -3.31. The average molecular weight is 433 g/mol. The molecule has 3 aromatic rings. The highest BCUT2D eigenvalue weighted by molar-refractivity contribution is 5.98. The normalized spacial score (nSPS) is 10.8. The van der Waals surface area contributed by atoms with Gasteiger partial charge in [-0.3, -0.25) is 0 Å². The van der Waals surface area contributed by atoms with Crippen molar-refractivity contribution in [3.63, 3.8) is 0 Å². The minimum Gasteiger partial charge on any atom is -0.494 e. The lowest BCUT2D eigenvalue weighted by Crippen LogP contribution is -2.28. The number of nitrogens with zero attached hydrogens (tertiary/aromatic N) is 2. The molecule has 32 heavy (non-hydrogen) atoms. The molecule has 0 bridgehead atoms. The molecule has 0 saturated carbocycles. The molecule has 0 aliphatic rings. The van der Waals surface area contributed by atoms with E-state index in [2.05, 4.69) is 23.6 Å². The van der Waals surface area contributed by atoms with Crippen LogP contribution in [0.4, 0.5) is 17.1 Å². The van der Waals surface area contributed by atoms with E-state index in [4.69, 9.17) is 9.47 Å². The number of carbonyl (C=O) groups is 1. The van der Waals surface area contributed by atoms with E-state index in [1.54, 1.807) is 0 Å². The molecule has 0 aliphatic heterocycles. The van der Waals surface area contributed by atoms with E-state index in [9.17, 15) is 4.79 Å². The number of esters is 1. The fraction of sp³-hybridized carbons (Fsp3) is 0.296. The molecule has 0 unspecified atom stereocenters. The average Bonchev–Trinajstić information content (AvgIpc) is 2.84. The Kier molecular flexibility index (Phi) is 8.70. The highest BCUT2D eigenvalue weighted by atomic mass is 16.5. The number of likely N-dealkylation sites (N-methyl/N-ethyl adjacent to an activating group) is 1. The van der Waals surface area contributed by atoms with Crippen LogP contribution >= 0.6 is 0 Å². The minimum absolute atomic E-state index is 0.320. The Morgan fingerprint density at radius 1 is 0.781 bits per heavy atom. The Balaban J connectivity index is 1.93. The van der Waals surface area contributed by atoms with Gasteiger partial charge in [0.25, 0.3) is 0 Å². The smallest absolute Gasteiger partial charge is 0.340 e. The number of benzene rings is 3. The van der Waals surface area contributed by atoms with E-state index >= 15 is 0 Å². The molecule has 3 rings (SSSR count). The van der Waals surface area contributed by atoms with Gasteiger partial charge in [-0.1, -0.05) is 44.2 Å². The van der Waals surface area contributed by atoms with Crippen LogP contribution in [0.2, 0.25) is 0 Å². The van der Waals surface area contributed by atoms with Gasteiger partial charge in [-0.05, 0) is 68.5 Å². The van der Waals surface area contributed by atoms with Gasteiger partial charge in [0.05, 0.1) is 17.9 Å². The van der Waals surface area contributed by atoms with Crippen LogP contribution in [-0.4, -0.2) is 43.7 Å². The maximum Gasteiger partial charge on any atom is 0.340 e. The topological polar surface area (TPSA) is 42.0 Å². The van der Waals surface area contributed by atoms with Crippen molar-refractivity contribution in [1.82, 2.24) is 4.90 Å². The molecule has 0 N–H and O–H groups in total. The fourth-order valence-electron chi connectivity index (χ4n) is 3.59. The van der Waals surface area contributed by atoms with Gasteiger partial charge in [-0.15, -0.1) is 0 Å². The number of ether oxygens (including phenoxy) is 2. The second-order valence-corrected chi connectivity index (χ2v) is 7.28. The monoisotopic (exact) mass is 432 g/mol. The van der Waals surface area contributed by atoms with Crippen molar-refractivity contribution < 1.29 is 14.3 Å². The first-order valence-corrected chi connectivity index (χ1v) is 11.2. The first-order valence-electron chi connectivity index (χ1n) is 11.2. The van der Waals surface area contributed by atoms with Crippen LogP contribution in [0.15, 0.2) is 78.9 Å². The lowest BCUT2D eigenvalue weighted by Gasteiger charge is -2.27. The van der Waals surface area contributed by atoms with Crippen LogP contribution in [0.5, 0.6) is 5.75 Å². The van der Waals surface area contributed by atoms with Gasteiger partial charge in [0.15, 0.2) is 0 Å². The van der Waals surface area contributed by atoms with Crippen molar-refractivity contribution in [2.24, 2.45) is 0 Å². The first-order chi connectivity index (χ1) is 15.7. The van der Waals surface area contributed by atoms with Crippen molar-refractivity contribution in [3.05, 3.63) is 84.4 Å². The Bertz CT molecular complexity index is 970. The summed E-state index contributed by atoms with van der Waals surface area (Å²) < 4.78 is 11.2. The van der Waals surface area contributed by atoms with E-state index in [0.29, 0.717) is 18.8 Å². The molecule has 0 fully saturated rings. The Morgan fingerprint density at radius 2 is 1.41 bits per heavy atom. The van der Waals surface area contributed by atoms with Gasteiger partial charge in [0, 0.05) is 17.9 Å². The minimum atomic E-state index is -0.320. The van der Waals surface area contributed by atoms with Crippen LogP contribution in [0, 0.1) is 0 Å². The van der Waals surface area contributed by atoms with Crippen molar-refractivity contribution in [1.29, 1.82) is 0 Å². The molecule has 5 nitrogen and oxygen atoms in total. The summed E-state index contributed by atoms with van der Waals surface area (Å²) >= 11 is 0. The molecule has 5 heteroatoms. The zero-order chi connectivity index (χ0) is 22.8. The molecule has 168 valence electrons. The third kappa shape index (κ3) is 5.89. The van der Waals surface area contributed by atoms with Crippen LogP contribution in [0.3, 0.4) is 0 Å². The molecule has 0 aromatic heterocycles. The predicted molar refractivity (Wildman–Crippen MR) is 130 cm³/mol. The zero-order valence-electron chi connectivity index (χ0n) is 19.2. The summed E-state index contributed by atoms with van der Waals surface area (Å²) in [6, 6.07) is 25.5. The molecular weight excluding hydrogens is 400 g/mol. The van der Waals surface area contributed by atoms with Crippen molar-refractivity contribution in [2.45, 2.75) is 20.8 Å². The highest BCUT2D eigenvalue weighted by Crippen LogP contribution is 2.37.